The minimum absolute atomic E-state index is 0.0186. The van der Waals surface area contributed by atoms with Gasteiger partial charge in [0.1, 0.15) is 0 Å². The van der Waals surface area contributed by atoms with E-state index in [0.29, 0.717) is 0 Å². The zero-order valence-electron chi connectivity index (χ0n) is 10.1. The molecule has 0 saturated heterocycles. The molecule has 1 aliphatic carbocycles. The van der Waals surface area contributed by atoms with Crippen LogP contribution in [0.3, 0.4) is 0 Å². The molecule has 0 aliphatic heterocycles. The van der Waals surface area contributed by atoms with Gasteiger partial charge in [-0.05, 0) is 36.8 Å². The molecule has 1 fully saturated rings. The molecule has 0 bridgehead atoms. The molecule has 1 heteroatoms. The van der Waals surface area contributed by atoms with Crippen molar-refractivity contribution < 1.29 is 5.11 Å². The number of aryl methyl sites for hydroxylation is 2. The van der Waals surface area contributed by atoms with E-state index in [2.05, 4.69) is 45.9 Å². The maximum Gasteiger partial charge on any atom is 0.0533 e. The van der Waals surface area contributed by atoms with E-state index < -0.39 is 0 Å². The second-order valence-corrected chi connectivity index (χ2v) is 5.62. The molecule has 1 unspecified atom stereocenters. The summed E-state index contributed by atoms with van der Waals surface area (Å²) in [7, 11) is 0. The third-order valence-corrected chi connectivity index (χ3v) is 4.08. The van der Waals surface area contributed by atoms with E-state index in [1.54, 1.807) is 0 Å². The lowest BCUT2D eigenvalue weighted by Crippen LogP contribution is -2.20. The SMILES string of the molecule is Cc1ccc(C2(CO)CC2(C)C)c(C)c1. The van der Waals surface area contributed by atoms with E-state index >= 15 is 0 Å². The molecule has 0 aromatic heterocycles. The smallest absolute Gasteiger partial charge is 0.0533 e. The van der Waals surface area contributed by atoms with E-state index in [-0.39, 0.29) is 17.4 Å². The van der Waals surface area contributed by atoms with Crippen LogP contribution in [0.5, 0.6) is 0 Å². The first-order chi connectivity index (χ1) is 6.93. The summed E-state index contributed by atoms with van der Waals surface area (Å²) >= 11 is 0. The number of aliphatic hydroxyl groups excluding tert-OH is 1. The monoisotopic (exact) mass is 204 g/mol. The van der Waals surface area contributed by atoms with Crippen LogP contribution in [0.15, 0.2) is 18.2 Å². The van der Waals surface area contributed by atoms with Crippen LogP contribution >= 0.6 is 0 Å². The molecule has 1 N–H and O–H groups in total. The Balaban J connectivity index is 2.46. The quantitative estimate of drug-likeness (QED) is 0.785. The second-order valence-electron chi connectivity index (χ2n) is 5.62. The zero-order chi connectivity index (χ0) is 11.3. The first-order valence-electron chi connectivity index (χ1n) is 5.61. The molecule has 1 saturated carbocycles. The van der Waals surface area contributed by atoms with Crippen LogP contribution in [0.1, 0.15) is 37.0 Å². The summed E-state index contributed by atoms with van der Waals surface area (Å²) in [4.78, 5) is 0. The molecule has 1 aromatic rings. The van der Waals surface area contributed by atoms with Gasteiger partial charge in [-0.1, -0.05) is 37.6 Å². The van der Waals surface area contributed by atoms with Crippen LogP contribution in [-0.4, -0.2) is 11.7 Å². The normalized spacial score (nSPS) is 27.8. The Morgan fingerprint density at radius 1 is 1.27 bits per heavy atom. The van der Waals surface area contributed by atoms with Gasteiger partial charge in [-0.15, -0.1) is 0 Å². The molecular formula is C14H20O. The van der Waals surface area contributed by atoms with Crippen molar-refractivity contribution in [2.45, 2.75) is 39.5 Å². The molecule has 15 heavy (non-hydrogen) atoms. The molecule has 0 spiro atoms. The van der Waals surface area contributed by atoms with Gasteiger partial charge in [-0.3, -0.25) is 0 Å². The van der Waals surface area contributed by atoms with E-state index in [4.69, 9.17) is 0 Å². The minimum Gasteiger partial charge on any atom is -0.395 e. The number of benzene rings is 1. The molecule has 1 aromatic carbocycles. The lowest BCUT2D eigenvalue weighted by atomic mass is 9.85. The van der Waals surface area contributed by atoms with E-state index in [1.807, 2.05) is 0 Å². The van der Waals surface area contributed by atoms with Crippen molar-refractivity contribution in [2.24, 2.45) is 5.41 Å². The molecule has 0 radical (unpaired) electrons. The van der Waals surface area contributed by atoms with Crippen LogP contribution in [0.2, 0.25) is 0 Å². The number of hydrogen-bond acceptors (Lipinski definition) is 1. The Morgan fingerprint density at radius 2 is 1.87 bits per heavy atom. The maximum atomic E-state index is 9.64. The highest BCUT2D eigenvalue weighted by Gasteiger charge is 2.61. The highest BCUT2D eigenvalue weighted by molar-refractivity contribution is 5.43. The summed E-state index contributed by atoms with van der Waals surface area (Å²) < 4.78 is 0. The fraction of sp³-hybridized carbons (Fsp3) is 0.571. The lowest BCUT2D eigenvalue weighted by Gasteiger charge is -2.21. The number of rotatable bonds is 2. The Labute approximate surface area is 92.1 Å². The molecule has 2 rings (SSSR count). The van der Waals surface area contributed by atoms with Crippen LogP contribution in [-0.2, 0) is 5.41 Å². The van der Waals surface area contributed by atoms with Gasteiger partial charge in [0.05, 0.1) is 6.61 Å². The number of hydrogen-bond donors (Lipinski definition) is 1. The van der Waals surface area contributed by atoms with Gasteiger partial charge < -0.3 is 5.11 Å². The molecule has 1 nitrogen and oxygen atoms in total. The van der Waals surface area contributed by atoms with E-state index in [1.165, 1.54) is 16.7 Å². The van der Waals surface area contributed by atoms with Crippen LogP contribution in [0.25, 0.3) is 0 Å². The van der Waals surface area contributed by atoms with Gasteiger partial charge in [0, 0.05) is 5.41 Å². The molecule has 0 amide bonds. The standard InChI is InChI=1S/C14H20O/c1-10-5-6-12(11(2)7-10)14(9-15)8-13(14,3)4/h5-7,15H,8-9H2,1-4H3. The predicted octanol–water partition coefficient (Wildman–Crippen LogP) is 2.96. The largest absolute Gasteiger partial charge is 0.395 e. The van der Waals surface area contributed by atoms with Gasteiger partial charge >= 0.3 is 0 Å². The fourth-order valence-electron chi connectivity index (χ4n) is 2.88. The van der Waals surface area contributed by atoms with Crippen LogP contribution < -0.4 is 0 Å². The number of aliphatic hydroxyl groups is 1. The Bertz CT molecular complexity index is 392. The third kappa shape index (κ3) is 1.41. The van der Waals surface area contributed by atoms with Crippen molar-refractivity contribution in [3.63, 3.8) is 0 Å². The van der Waals surface area contributed by atoms with Crippen molar-refractivity contribution in [3.8, 4) is 0 Å². The third-order valence-electron chi connectivity index (χ3n) is 4.08. The summed E-state index contributed by atoms with van der Waals surface area (Å²) in [5.74, 6) is 0. The maximum absolute atomic E-state index is 9.64. The Kier molecular flexibility index (Phi) is 2.20. The molecule has 1 aliphatic rings. The van der Waals surface area contributed by atoms with Crippen LogP contribution in [0, 0.1) is 19.3 Å². The van der Waals surface area contributed by atoms with Gasteiger partial charge in [-0.2, -0.15) is 0 Å². The van der Waals surface area contributed by atoms with Crippen molar-refractivity contribution in [3.05, 3.63) is 34.9 Å². The van der Waals surface area contributed by atoms with Gasteiger partial charge in [0.15, 0.2) is 0 Å². The molecular weight excluding hydrogens is 184 g/mol. The van der Waals surface area contributed by atoms with Crippen molar-refractivity contribution in [1.82, 2.24) is 0 Å². The molecule has 1 atom stereocenters. The topological polar surface area (TPSA) is 20.2 Å². The van der Waals surface area contributed by atoms with Gasteiger partial charge in [-0.25, -0.2) is 0 Å². The summed E-state index contributed by atoms with van der Waals surface area (Å²) in [6, 6.07) is 6.55. The van der Waals surface area contributed by atoms with Crippen molar-refractivity contribution >= 4 is 0 Å². The first kappa shape index (κ1) is 10.7. The average Bonchev–Trinajstić information content (AvgIpc) is 2.69. The fourth-order valence-corrected chi connectivity index (χ4v) is 2.88. The summed E-state index contributed by atoms with van der Waals surface area (Å²) in [5, 5.41) is 9.64. The first-order valence-corrected chi connectivity index (χ1v) is 5.61. The Morgan fingerprint density at radius 3 is 2.27 bits per heavy atom. The van der Waals surface area contributed by atoms with E-state index in [9.17, 15) is 5.11 Å². The Hall–Kier alpha value is -0.820. The summed E-state index contributed by atoms with van der Waals surface area (Å²) in [6.07, 6.45) is 1.10. The average molecular weight is 204 g/mol. The molecule has 82 valence electrons. The van der Waals surface area contributed by atoms with Crippen LogP contribution in [0.4, 0.5) is 0 Å². The second kappa shape index (κ2) is 3.08. The zero-order valence-corrected chi connectivity index (χ0v) is 10.1. The van der Waals surface area contributed by atoms with Crippen molar-refractivity contribution in [2.75, 3.05) is 6.61 Å². The summed E-state index contributed by atoms with van der Waals surface area (Å²) in [6.45, 7) is 9.00. The van der Waals surface area contributed by atoms with Gasteiger partial charge in [0.2, 0.25) is 0 Å². The van der Waals surface area contributed by atoms with Gasteiger partial charge in [0.25, 0.3) is 0 Å². The lowest BCUT2D eigenvalue weighted by molar-refractivity contribution is 0.231. The van der Waals surface area contributed by atoms with E-state index in [0.717, 1.165) is 6.42 Å². The minimum atomic E-state index is 0.0186. The summed E-state index contributed by atoms with van der Waals surface area (Å²) in [5.41, 5.74) is 4.21. The van der Waals surface area contributed by atoms with Crippen molar-refractivity contribution in [1.29, 1.82) is 0 Å². The highest BCUT2D eigenvalue weighted by Crippen LogP contribution is 2.64. The highest BCUT2D eigenvalue weighted by atomic mass is 16.3. The predicted molar refractivity (Wildman–Crippen MR) is 63.1 cm³/mol. The molecule has 0 heterocycles.